The fraction of sp³-hybridized carbons (Fsp3) is 0.545. The minimum absolute atomic E-state index is 0.344. The standard InChI is InChI=1S/C11H16N4/c1-4-8(2)9(3)15-11-7-13-10(5-12)6-14-11/h6-9H,4H2,1-3H3,(H,14,15). The molecule has 0 fully saturated rings. The lowest BCUT2D eigenvalue weighted by atomic mass is 10.0. The maximum atomic E-state index is 8.56. The Labute approximate surface area is 90.4 Å². The van der Waals surface area contributed by atoms with Crippen LogP contribution < -0.4 is 5.32 Å². The van der Waals surface area contributed by atoms with Gasteiger partial charge in [-0.25, -0.2) is 9.97 Å². The van der Waals surface area contributed by atoms with Gasteiger partial charge >= 0.3 is 0 Å². The Balaban J connectivity index is 2.61. The monoisotopic (exact) mass is 204 g/mol. The molecular weight excluding hydrogens is 188 g/mol. The third kappa shape index (κ3) is 3.21. The molecule has 0 aliphatic heterocycles. The first-order chi connectivity index (χ1) is 7.17. The van der Waals surface area contributed by atoms with Gasteiger partial charge in [0.2, 0.25) is 0 Å². The van der Waals surface area contributed by atoms with Crippen molar-refractivity contribution in [1.82, 2.24) is 9.97 Å². The molecule has 15 heavy (non-hydrogen) atoms. The molecule has 1 aromatic rings. The fourth-order valence-corrected chi connectivity index (χ4v) is 1.19. The molecule has 0 bridgehead atoms. The second-order valence-electron chi connectivity index (χ2n) is 3.72. The van der Waals surface area contributed by atoms with Gasteiger partial charge < -0.3 is 5.32 Å². The molecule has 1 rings (SSSR count). The predicted molar refractivity (Wildman–Crippen MR) is 59.3 cm³/mol. The van der Waals surface area contributed by atoms with Gasteiger partial charge in [-0.2, -0.15) is 5.26 Å². The number of anilines is 1. The summed E-state index contributed by atoms with van der Waals surface area (Å²) in [5.41, 5.74) is 0.344. The predicted octanol–water partition coefficient (Wildman–Crippen LogP) is 2.19. The van der Waals surface area contributed by atoms with Crippen LogP contribution in [0.2, 0.25) is 0 Å². The van der Waals surface area contributed by atoms with Crippen LogP contribution in [0, 0.1) is 17.2 Å². The summed E-state index contributed by atoms with van der Waals surface area (Å²) < 4.78 is 0. The van der Waals surface area contributed by atoms with E-state index in [1.54, 1.807) is 6.20 Å². The van der Waals surface area contributed by atoms with E-state index in [1.807, 2.05) is 6.07 Å². The van der Waals surface area contributed by atoms with Crippen LogP contribution in [0.3, 0.4) is 0 Å². The van der Waals surface area contributed by atoms with E-state index in [9.17, 15) is 0 Å². The van der Waals surface area contributed by atoms with Crippen molar-refractivity contribution in [2.45, 2.75) is 33.2 Å². The first-order valence-electron chi connectivity index (χ1n) is 5.16. The maximum absolute atomic E-state index is 8.56. The van der Waals surface area contributed by atoms with Crippen molar-refractivity contribution in [2.75, 3.05) is 5.32 Å². The number of nitrogens with zero attached hydrogens (tertiary/aromatic N) is 3. The van der Waals surface area contributed by atoms with Crippen molar-refractivity contribution in [2.24, 2.45) is 5.92 Å². The Kier molecular flexibility index (Phi) is 4.04. The van der Waals surface area contributed by atoms with Crippen molar-refractivity contribution in [3.8, 4) is 6.07 Å². The lowest BCUT2D eigenvalue weighted by Crippen LogP contribution is -2.23. The third-order valence-electron chi connectivity index (χ3n) is 2.64. The Bertz CT molecular complexity index is 339. The van der Waals surface area contributed by atoms with E-state index in [0.717, 1.165) is 12.2 Å². The molecule has 1 aromatic heterocycles. The number of hydrogen-bond donors (Lipinski definition) is 1. The molecule has 0 saturated heterocycles. The molecule has 4 nitrogen and oxygen atoms in total. The van der Waals surface area contributed by atoms with Gasteiger partial charge in [0.1, 0.15) is 11.9 Å². The van der Waals surface area contributed by atoms with Crippen molar-refractivity contribution in [3.05, 3.63) is 18.1 Å². The molecule has 80 valence electrons. The summed E-state index contributed by atoms with van der Waals surface area (Å²) in [5, 5.41) is 11.8. The summed E-state index contributed by atoms with van der Waals surface area (Å²) in [4.78, 5) is 8.06. The highest BCUT2D eigenvalue weighted by atomic mass is 15.0. The highest BCUT2D eigenvalue weighted by molar-refractivity contribution is 5.34. The van der Waals surface area contributed by atoms with Crippen molar-refractivity contribution < 1.29 is 0 Å². The first-order valence-corrected chi connectivity index (χ1v) is 5.16. The van der Waals surface area contributed by atoms with Gasteiger partial charge in [-0.15, -0.1) is 0 Å². The van der Waals surface area contributed by atoms with Gasteiger partial charge in [-0.3, -0.25) is 0 Å². The molecule has 4 heteroatoms. The molecule has 1 N–H and O–H groups in total. The molecule has 0 amide bonds. The number of hydrogen-bond acceptors (Lipinski definition) is 4. The van der Waals surface area contributed by atoms with Crippen LogP contribution in [0.1, 0.15) is 32.9 Å². The van der Waals surface area contributed by atoms with Crippen LogP contribution in [-0.2, 0) is 0 Å². The smallest absolute Gasteiger partial charge is 0.158 e. The average molecular weight is 204 g/mol. The minimum Gasteiger partial charge on any atom is -0.366 e. The van der Waals surface area contributed by atoms with Crippen molar-refractivity contribution >= 4 is 5.82 Å². The van der Waals surface area contributed by atoms with E-state index in [0.29, 0.717) is 17.7 Å². The van der Waals surface area contributed by atoms with Crippen LogP contribution in [-0.4, -0.2) is 16.0 Å². The van der Waals surface area contributed by atoms with E-state index in [-0.39, 0.29) is 0 Å². The molecule has 0 radical (unpaired) electrons. The highest BCUT2D eigenvalue weighted by Crippen LogP contribution is 2.12. The first kappa shape index (κ1) is 11.4. The highest BCUT2D eigenvalue weighted by Gasteiger charge is 2.10. The van der Waals surface area contributed by atoms with Gasteiger partial charge in [0, 0.05) is 6.04 Å². The Morgan fingerprint density at radius 1 is 1.40 bits per heavy atom. The molecule has 2 atom stereocenters. The van der Waals surface area contributed by atoms with Crippen LogP contribution in [0.4, 0.5) is 5.82 Å². The van der Waals surface area contributed by atoms with E-state index >= 15 is 0 Å². The zero-order valence-electron chi connectivity index (χ0n) is 9.36. The van der Waals surface area contributed by atoms with Gasteiger partial charge in [-0.1, -0.05) is 20.3 Å². The number of nitriles is 1. The average Bonchev–Trinajstić information content (AvgIpc) is 2.29. The summed E-state index contributed by atoms with van der Waals surface area (Å²) >= 11 is 0. The molecule has 2 unspecified atom stereocenters. The minimum atomic E-state index is 0.344. The molecule has 0 spiro atoms. The largest absolute Gasteiger partial charge is 0.366 e. The maximum Gasteiger partial charge on any atom is 0.158 e. The zero-order valence-corrected chi connectivity index (χ0v) is 9.36. The molecular formula is C11H16N4. The van der Waals surface area contributed by atoms with Gasteiger partial charge in [0.05, 0.1) is 12.4 Å². The quantitative estimate of drug-likeness (QED) is 0.816. The summed E-state index contributed by atoms with van der Waals surface area (Å²) in [6.07, 6.45) is 4.20. The lowest BCUT2D eigenvalue weighted by Gasteiger charge is -2.19. The van der Waals surface area contributed by atoms with Gasteiger partial charge in [-0.05, 0) is 12.8 Å². The van der Waals surface area contributed by atoms with E-state index in [2.05, 4.69) is 36.1 Å². The summed E-state index contributed by atoms with van der Waals surface area (Å²) in [7, 11) is 0. The topological polar surface area (TPSA) is 61.6 Å². The molecule has 1 heterocycles. The number of aromatic nitrogens is 2. The van der Waals surface area contributed by atoms with Crippen LogP contribution in [0.15, 0.2) is 12.4 Å². The Morgan fingerprint density at radius 2 is 2.13 bits per heavy atom. The molecule has 0 aliphatic carbocycles. The lowest BCUT2D eigenvalue weighted by molar-refractivity contribution is 0.493. The Hall–Kier alpha value is -1.63. The van der Waals surface area contributed by atoms with Crippen LogP contribution in [0.5, 0.6) is 0 Å². The normalized spacial score (nSPS) is 14.0. The summed E-state index contributed by atoms with van der Waals surface area (Å²) in [6.45, 7) is 6.47. The second kappa shape index (κ2) is 5.30. The molecule has 0 aromatic carbocycles. The van der Waals surface area contributed by atoms with Gasteiger partial charge in [0.15, 0.2) is 5.69 Å². The second-order valence-corrected chi connectivity index (χ2v) is 3.72. The SMILES string of the molecule is CCC(C)C(C)Nc1cnc(C#N)cn1. The zero-order chi connectivity index (χ0) is 11.3. The molecule has 0 aliphatic rings. The van der Waals surface area contributed by atoms with Crippen LogP contribution >= 0.6 is 0 Å². The molecule has 0 saturated carbocycles. The van der Waals surface area contributed by atoms with Crippen molar-refractivity contribution in [3.63, 3.8) is 0 Å². The Morgan fingerprint density at radius 3 is 2.60 bits per heavy atom. The van der Waals surface area contributed by atoms with Gasteiger partial charge in [0.25, 0.3) is 0 Å². The summed E-state index contributed by atoms with van der Waals surface area (Å²) in [5.74, 6) is 1.31. The van der Waals surface area contributed by atoms with E-state index in [1.165, 1.54) is 6.20 Å². The van der Waals surface area contributed by atoms with Crippen molar-refractivity contribution in [1.29, 1.82) is 5.26 Å². The van der Waals surface area contributed by atoms with Crippen LogP contribution in [0.25, 0.3) is 0 Å². The fourth-order valence-electron chi connectivity index (χ4n) is 1.19. The number of rotatable bonds is 4. The third-order valence-corrected chi connectivity index (χ3v) is 2.64. The van der Waals surface area contributed by atoms with E-state index in [4.69, 9.17) is 5.26 Å². The summed E-state index contributed by atoms with van der Waals surface area (Å²) in [6, 6.07) is 2.30. The van der Waals surface area contributed by atoms with E-state index < -0.39 is 0 Å². The number of nitrogens with one attached hydrogen (secondary N) is 1.